The molecule has 0 spiro atoms. The fourth-order valence-corrected chi connectivity index (χ4v) is 3.42. The molecule has 0 aliphatic carbocycles. The average Bonchev–Trinajstić information content (AvgIpc) is 2.77. The highest BCUT2D eigenvalue weighted by Crippen LogP contribution is 2.16. The number of benzene rings is 2. The molecule has 0 fully saturated rings. The van der Waals surface area contributed by atoms with Gasteiger partial charge in [-0.3, -0.25) is 9.59 Å². The van der Waals surface area contributed by atoms with Crippen LogP contribution in [-0.4, -0.2) is 35.9 Å². The Labute approximate surface area is 193 Å². The molecule has 5 heteroatoms. The predicted molar refractivity (Wildman–Crippen MR) is 130 cm³/mol. The molecule has 2 aromatic carbocycles. The molecule has 0 saturated heterocycles. The zero-order chi connectivity index (χ0) is 23.5. The summed E-state index contributed by atoms with van der Waals surface area (Å²) in [6.45, 7) is 11.6. The standard InChI is InChI=1S/C27H38N2O3/c1-6-25(27(31)28-18-20(2)3)29(19-23-13-9-21(4)10-14-23)26(30)8-7-17-32-24-15-11-22(5)12-16-24/h9-16,20,25H,6-8,17-19H2,1-5H3,(H,28,31)/t25-/m0/s1. The van der Waals surface area contributed by atoms with Crippen LogP contribution in [0.15, 0.2) is 48.5 Å². The molecule has 2 rings (SSSR count). The van der Waals surface area contributed by atoms with Crippen LogP contribution in [0.1, 0.15) is 56.7 Å². The van der Waals surface area contributed by atoms with E-state index < -0.39 is 6.04 Å². The van der Waals surface area contributed by atoms with E-state index >= 15 is 0 Å². The van der Waals surface area contributed by atoms with Gasteiger partial charge in [0, 0.05) is 19.5 Å². The Bertz CT molecular complexity index is 844. The molecule has 2 amide bonds. The van der Waals surface area contributed by atoms with Crippen molar-refractivity contribution in [2.75, 3.05) is 13.2 Å². The summed E-state index contributed by atoms with van der Waals surface area (Å²) in [5, 5.41) is 3.00. The van der Waals surface area contributed by atoms with Gasteiger partial charge in [0.05, 0.1) is 6.61 Å². The number of aryl methyl sites for hydroxylation is 2. The summed E-state index contributed by atoms with van der Waals surface area (Å²) in [5.41, 5.74) is 3.37. The van der Waals surface area contributed by atoms with Crippen LogP contribution in [-0.2, 0) is 16.1 Å². The minimum absolute atomic E-state index is 0.0235. The molecular formula is C27H38N2O3. The molecule has 174 valence electrons. The molecule has 0 heterocycles. The number of hydrogen-bond acceptors (Lipinski definition) is 3. The van der Waals surface area contributed by atoms with Gasteiger partial charge < -0.3 is 15.0 Å². The smallest absolute Gasteiger partial charge is 0.242 e. The number of nitrogens with one attached hydrogen (secondary N) is 1. The van der Waals surface area contributed by atoms with Gasteiger partial charge in [-0.25, -0.2) is 0 Å². The largest absolute Gasteiger partial charge is 0.494 e. The van der Waals surface area contributed by atoms with Gasteiger partial charge in [0.25, 0.3) is 0 Å². The number of ether oxygens (including phenoxy) is 1. The molecule has 0 saturated carbocycles. The van der Waals surface area contributed by atoms with E-state index in [4.69, 9.17) is 4.74 Å². The second-order valence-corrected chi connectivity index (χ2v) is 8.84. The predicted octanol–water partition coefficient (Wildman–Crippen LogP) is 5.04. The average molecular weight is 439 g/mol. The molecule has 32 heavy (non-hydrogen) atoms. The van der Waals surface area contributed by atoms with E-state index in [2.05, 4.69) is 19.2 Å². The normalized spacial score (nSPS) is 11.8. The van der Waals surface area contributed by atoms with Crippen molar-refractivity contribution in [2.45, 2.75) is 66.5 Å². The number of rotatable bonds is 12. The lowest BCUT2D eigenvalue weighted by Gasteiger charge is -2.31. The lowest BCUT2D eigenvalue weighted by molar-refractivity contribution is -0.141. The van der Waals surface area contributed by atoms with Crippen molar-refractivity contribution < 1.29 is 14.3 Å². The summed E-state index contributed by atoms with van der Waals surface area (Å²) < 4.78 is 5.77. The summed E-state index contributed by atoms with van der Waals surface area (Å²) in [4.78, 5) is 27.8. The SMILES string of the molecule is CC[C@@H](C(=O)NCC(C)C)N(Cc1ccc(C)cc1)C(=O)CCCOc1ccc(C)cc1. The van der Waals surface area contributed by atoms with Gasteiger partial charge in [-0.15, -0.1) is 0 Å². The lowest BCUT2D eigenvalue weighted by Crippen LogP contribution is -2.49. The van der Waals surface area contributed by atoms with E-state index in [0.717, 1.165) is 11.3 Å². The number of nitrogens with zero attached hydrogens (tertiary/aromatic N) is 1. The molecule has 0 aliphatic heterocycles. The van der Waals surface area contributed by atoms with Gasteiger partial charge in [-0.05, 0) is 50.3 Å². The molecule has 0 bridgehead atoms. The van der Waals surface area contributed by atoms with E-state index in [9.17, 15) is 9.59 Å². The second-order valence-electron chi connectivity index (χ2n) is 8.84. The van der Waals surface area contributed by atoms with Crippen molar-refractivity contribution in [3.63, 3.8) is 0 Å². The summed E-state index contributed by atoms with van der Waals surface area (Å²) in [6.07, 6.45) is 1.51. The zero-order valence-electron chi connectivity index (χ0n) is 20.2. The quantitative estimate of drug-likeness (QED) is 0.472. The van der Waals surface area contributed by atoms with Gasteiger partial charge >= 0.3 is 0 Å². The van der Waals surface area contributed by atoms with Crippen LogP contribution in [0.5, 0.6) is 5.75 Å². The molecule has 1 N–H and O–H groups in total. The number of carbonyl (C=O) groups is 2. The van der Waals surface area contributed by atoms with Gasteiger partial charge in [0.15, 0.2) is 0 Å². The zero-order valence-corrected chi connectivity index (χ0v) is 20.2. The van der Waals surface area contributed by atoms with Crippen molar-refractivity contribution in [1.29, 1.82) is 0 Å². The van der Waals surface area contributed by atoms with Gasteiger partial charge in [0.1, 0.15) is 11.8 Å². The molecule has 0 aromatic heterocycles. The van der Waals surface area contributed by atoms with E-state index in [1.807, 2.05) is 69.3 Å². The van der Waals surface area contributed by atoms with Crippen molar-refractivity contribution >= 4 is 11.8 Å². The minimum atomic E-state index is -0.486. The highest BCUT2D eigenvalue weighted by molar-refractivity contribution is 5.87. The summed E-state index contributed by atoms with van der Waals surface area (Å²) in [6, 6.07) is 15.5. The van der Waals surface area contributed by atoms with Gasteiger partial charge in [0.2, 0.25) is 11.8 Å². The third kappa shape index (κ3) is 8.37. The van der Waals surface area contributed by atoms with E-state index in [1.165, 1.54) is 11.1 Å². The second kappa shape index (κ2) is 12.9. The molecular weight excluding hydrogens is 400 g/mol. The van der Waals surface area contributed by atoms with Crippen LogP contribution in [0, 0.1) is 19.8 Å². The third-order valence-corrected chi connectivity index (χ3v) is 5.37. The first kappa shape index (κ1) is 25.4. The number of amides is 2. The maximum Gasteiger partial charge on any atom is 0.242 e. The summed E-state index contributed by atoms with van der Waals surface area (Å²) >= 11 is 0. The van der Waals surface area contributed by atoms with Crippen LogP contribution in [0.2, 0.25) is 0 Å². The van der Waals surface area contributed by atoms with E-state index in [-0.39, 0.29) is 11.8 Å². The van der Waals surface area contributed by atoms with Crippen molar-refractivity contribution in [3.05, 3.63) is 65.2 Å². The van der Waals surface area contributed by atoms with Crippen LogP contribution in [0.25, 0.3) is 0 Å². The van der Waals surface area contributed by atoms with Crippen LogP contribution in [0.3, 0.4) is 0 Å². The Balaban J connectivity index is 2.03. The molecule has 0 radical (unpaired) electrons. The van der Waals surface area contributed by atoms with Crippen LogP contribution >= 0.6 is 0 Å². The Hall–Kier alpha value is -2.82. The molecule has 0 aliphatic rings. The Morgan fingerprint density at radius 2 is 1.56 bits per heavy atom. The fraction of sp³-hybridized carbons (Fsp3) is 0.481. The van der Waals surface area contributed by atoms with Gasteiger partial charge in [-0.2, -0.15) is 0 Å². The Morgan fingerprint density at radius 1 is 0.969 bits per heavy atom. The first-order valence-corrected chi connectivity index (χ1v) is 11.6. The number of carbonyl (C=O) groups excluding carboxylic acids is 2. The summed E-state index contributed by atoms with van der Waals surface area (Å²) in [7, 11) is 0. The fourth-order valence-electron chi connectivity index (χ4n) is 3.42. The maximum atomic E-state index is 13.2. The van der Waals surface area contributed by atoms with Crippen molar-refractivity contribution in [3.8, 4) is 5.75 Å². The summed E-state index contributed by atoms with van der Waals surface area (Å²) in [5.74, 6) is 1.05. The molecule has 1 atom stereocenters. The third-order valence-electron chi connectivity index (χ3n) is 5.37. The van der Waals surface area contributed by atoms with Crippen molar-refractivity contribution in [2.24, 2.45) is 5.92 Å². The number of hydrogen-bond donors (Lipinski definition) is 1. The Kier molecular flexibility index (Phi) is 10.3. The highest BCUT2D eigenvalue weighted by Gasteiger charge is 2.28. The first-order valence-electron chi connectivity index (χ1n) is 11.6. The monoisotopic (exact) mass is 438 g/mol. The molecule has 5 nitrogen and oxygen atoms in total. The van der Waals surface area contributed by atoms with Crippen LogP contribution < -0.4 is 10.1 Å². The van der Waals surface area contributed by atoms with Gasteiger partial charge in [-0.1, -0.05) is 68.3 Å². The topological polar surface area (TPSA) is 58.6 Å². The minimum Gasteiger partial charge on any atom is -0.494 e. The molecule has 2 aromatic rings. The highest BCUT2D eigenvalue weighted by atomic mass is 16.5. The lowest BCUT2D eigenvalue weighted by atomic mass is 10.1. The van der Waals surface area contributed by atoms with Crippen LogP contribution in [0.4, 0.5) is 0 Å². The van der Waals surface area contributed by atoms with E-state index in [1.54, 1.807) is 4.90 Å². The first-order chi connectivity index (χ1) is 15.3. The van der Waals surface area contributed by atoms with E-state index in [0.29, 0.717) is 44.9 Å². The maximum absolute atomic E-state index is 13.2. The molecule has 0 unspecified atom stereocenters. The Morgan fingerprint density at radius 3 is 2.12 bits per heavy atom. The van der Waals surface area contributed by atoms with Crippen molar-refractivity contribution in [1.82, 2.24) is 10.2 Å².